The molecule has 1 aromatic heterocycles. The van der Waals surface area contributed by atoms with Crippen molar-refractivity contribution in [3.63, 3.8) is 0 Å². The lowest BCUT2D eigenvalue weighted by Gasteiger charge is -2.27. The van der Waals surface area contributed by atoms with Gasteiger partial charge in [-0.3, -0.25) is 24.1 Å². The minimum atomic E-state index is -0.599. The van der Waals surface area contributed by atoms with E-state index in [9.17, 15) is 14.4 Å². The van der Waals surface area contributed by atoms with Crippen LogP contribution < -0.4 is 0 Å². The average molecular weight is 585 g/mol. The van der Waals surface area contributed by atoms with E-state index in [0.717, 1.165) is 47.1 Å². The standard InChI is InChI=1S/C32H36N6O5/c1-35-19-27(16-34-35)25-7-5-23(6-8-25)24-9-11-26(12-10-24)30-33-21-37(32(41)42-2)20-29(39)38(30)18-22-13-14-36(17-22)31(40)28-4-3-15-43-28/h5-12,16,19,22,28H,3-4,13-15,17-18,20-21H2,1-2H3. The molecule has 0 saturated carbocycles. The minimum Gasteiger partial charge on any atom is -0.453 e. The molecule has 43 heavy (non-hydrogen) atoms. The zero-order chi connectivity index (χ0) is 29.9. The van der Waals surface area contributed by atoms with Crippen LogP contribution in [0.3, 0.4) is 0 Å². The molecule has 3 amide bonds. The first-order valence-corrected chi connectivity index (χ1v) is 14.7. The van der Waals surface area contributed by atoms with Gasteiger partial charge in [-0.05, 0) is 41.9 Å². The van der Waals surface area contributed by atoms with E-state index >= 15 is 0 Å². The van der Waals surface area contributed by atoms with Crippen LogP contribution in [-0.2, 0) is 26.1 Å². The van der Waals surface area contributed by atoms with E-state index in [0.29, 0.717) is 32.1 Å². The monoisotopic (exact) mass is 584 g/mol. The number of aromatic nitrogens is 2. The highest BCUT2D eigenvalue weighted by Crippen LogP contribution is 2.27. The Labute approximate surface area is 250 Å². The molecule has 0 bridgehead atoms. The number of benzene rings is 2. The maximum atomic E-state index is 13.6. The van der Waals surface area contributed by atoms with Crippen LogP contribution in [0.15, 0.2) is 65.9 Å². The van der Waals surface area contributed by atoms with Gasteiger partial charge in [-0.1, -0.05) is 48.5 Å². The summed E-state index contributed by atoms with van der Waals surface area (Å²) >= 11 is 0. The summed E-state index contributed by atoms with van der Waals surface area (Å²) in [5.41, 5.74) is 5.02. The third kappa shape index (κ3) is 6.17. The zero-order valence-electron chi connectivity index (χ0n) is 24.5. The quantitative estimate of drug-likeness (QED) is 0.440. The van der Waals surface area contributed by atoms with E-state index < -0.39 is 6.09 Å². The molecule has 3 aliphatic heterocycles. The second kappa shape index (κ2) is 12.4. The van der Waals surface area contributed by atoms with Gasteiger partial charge in [-0.2, -0.15) is 5.10 Å². The first-order chi connectivity index (χ1) is 20.9. The summed E-state index contributed by atoms with van der Waals surface area (Å²) in [4.78, 5) is 48.4. The summed E-state index contributed by atoms with van der Waals surface area (Å²) < 4.78 is 12.3. The first-order valence-electron chi connectivity index (χ1n) is 14.7. The number of hydrogen-bond acceptors (Lipinski definition) is 7. The normalized spacial score (nSPS) is 20.7. The summed E-state index contributed by atoms with van der Waals surface area (Å²) in [6, 6.07) is 16.2. The topological polar surface area (TPSA) is 110 Å². The van der Waals surface area contributed by atoms with Crippen LogP contribution in [0.25, 0.3) is 22.3 Å². The Balaban J connectivity index is 1.21. The summed E-state index contributed by atoms with van der Waals surface area (Å²) in [5, 5.41) is 4.25. The Morgan fingerprint density at radius 2 is 1.63 bits per heavy atom. The minimum absolute atomic E-state index is 0.0100. The smallest absolute Gasteiger partial charge is 0.411 e. The third-order valence-corrected chi connectivity index (χ3v) is 8.35. The number of methoxy groups -OCH3 is 1. The van der Waals surface area contributed by atoms with Crippen LogP contribution in [0.4, 0.5) is 4.79 Å². The number of likely N-dealkylation sites (tertiary alicyclic amines) is 1. The number of carbonyl (C=O) groups is 3. The molecular weight excluding hydrogens is 548 g/mol. The molecule has 3 aromatic rings. The van der Waals surface area contributed by atoms with Gasteiger partial charge in [-0.25, -0.2) is 9.79 Å². The second-order valence-corrected chi connectivity index (χ2v) is 11.3. The number of carbonyl (C=O) groups excluding carboxylic acids is 3. The van der Waals surface area contributed by atoms with Crippen molar-refractivity contribution in [2.24, 2.45) is 18.0 Å². The van der Waals surface area contributed by atoms with Gasteiger partial charge in [0.1, 0.15) is 25.2 Å². The van der Waals surface area contributed by atoms with Crippen LogP contribution in [0.2, 0.25) is 0 Å². The van der Waals surface area contributed by atoms with Gasteiger partial charge >= 0.3 is 6.09 Å². The van der Waals surface area contributed by atoms with Crippen LogP contribution in [0, 0.1) is 5.92 Å². The second-order valence-electron chi connectivity index (χ2n) is 11.3. The first kappa shape index (κ1) is 28.6. The highest BCUT2D eigenvalue weighted by atomic mass is 16.5. The number of aliphatic imine (C=N–C) groups is 1. The molecule has 4 heterocycles. The Morgan fingerprint density at radius 1 is 0.953 bits per heavy atom. The van der Waals surface area contributed by atoms with Gasteiger partial charge in [0, 0.05) is 50.6 Å². The van der Waals surface area contributed by atoms with Crippen LogP contribution in [0.5, 0.6) is 0 Å². The molecule has 3 aliphatic rings. The highest BCUT2D eigenvalue weighted by Gasteiger charge is 2.36. The summed E-state index contributed by atoms with van der Waals surface area (Å²) in [6.07, 6.45) is 5.32. The fourth-order valence-corrected chi connectivity index (χ4v) is 5.99. The molecule has 0 radical (unpaired) electrons. The molecule has 0 spiro atoms. The Morgan fingerprint density at radius 3 is 2.23 bits per heavy atom. The van der Waals surface area contributed by atoms with E-state index in [4.69, 9.17) is 14.5 Å². The Hall–Kier alpha value is -4.51. The highest BCUT2D eigenvalue weighted by molar-refractivity contribution is 6.09. The van der Waals surface area contributed by atoms with Crippen molar-refractivity contribution in [2.75, 3.05) is 46.6 Å². The van der Waals surface area contributed by atoms with Crippen molar-refractivity contribution in [2.45, 2.75) is 25.4 Å². The predicted molar refractivity (Wildman–Crippen MR) is 160 cm³/mol. The number of amidine groups is 1. The molecule has 0 N–H and O–H groups in total. The van der Waals surface area contributed by atoms with Crippen molar-refractivity contribution in [3.05, 3.63) is 66.5 Å². The van der Waals surface area contributed by atoms with E-state index in [1.165, 1.54) is 12.0 Å². The van der Waals surface area contributed by atoms with Gasteiger partial charge in [-0.15, -0.1) is 0 Å². The van der Waals surface area contributed by atoms with Crippen molar-refractivity contribution in [3.8, 4) is 22.3 Å². The van der Waals surface area contributed by atoms with E-state index in [-0.39, 0.29) is 37.0 Å². The number of aryl methyl sites for hydroxylation is 1. The molecule has 2 saturated heterocycles. The fourth-order valence-electron chi connectivity index (χ4n) is 5.99. The zero-order valence-corrected chi connectivity index (χ0v) is 24.5. The molecule has 6 rings (SSSR count). The molecule has 0 aliphatic carbocycles. The maximum Gasteiger partial charge on any atom is 0.411 e. The van der Waals surface area contributed by atoms with Gasteiger partial charge in [0.25, 0.3) is 5.91 Å². The van der Waals surface area contributed by atoms with Crippen molar-refractivity contribution >= 4 is 23.7 Å². The molecule has 11 heteroatoms. The molecule has 2 unspecified atom stereocenters. The summed E-state index contributed by atoms with van der Waals surface area (Å²) in [6.45, 7) is 2.11. The maximum absolute atomic E-state index is 13.6. The predicted octanol–water partition coefficient (Wildman–Crippen LogP) is 3.40. The lowest BCUT2D eigenvalue weighted by atomic mass is 10.0. The number of ether oxygens (including phenoxy) is 2. The van der Waals surface area contributed by atoms with Gasteiger partial charge < -0.3 is 14.4 Å². The van der Waals surface area contributed by atoms with E-state index in [2.05, 4.69) is 29.4 Å². The Bertz CT molecular complexity index is 1510. The molecule has 2 aromatic carbocycles. The van der Waals surface area contributed by atoms with Crippen molar-refractivity contribution < 1.29 is 23.9 Å². The van der Waals surface area contributed by atoms with Crippen LogP contribution in [0.1, 0.15) is 24.8 Å². The van der Waals surface area contributed by atoms with Crippen LogP contribution in [-0.4, -0.2) is 101 Å². The molecule has 2 atom stereocenters. The lowest BCUT2D eigenvalue weighted by molar-refractivity contribution is -0.139. The fraction of sp³-hybridized carbons (Fsp3) is 0.406. The molecule has 224 valence electrons. The Kier molecular flexibility index (Phi) is 8.24. The lowest BCUT2D eigenvalue weighted by Crippen LogP contribution is -2.45. The van der Waals surface area contributed by atoms with Crippen molar-refractivity contribution in [1.29, 1.82) is 0 Å². The summed E-state index contributed by atoms with van der Waals surface area (Å²) in [7, 11) is 3.19. The van der Waals surface area contributed by atoms with E-state index in [1.54, 1.807) is 9.58 Å². The molecule has 2 fully saturated rings. The molecular formula is C32H36N6O5. The number of hydrogen-bond donors (Lipinski definition) is 0. The van der Waals surface area contributed by atoms with Crippen molar-refractivity contribution in [1.82, 2.24) is 24.5 Å². The SMILES string of the molecule is COC(=O)N1CN=C(c2ccc(-c3ccc(-c4cnn(C)c4)cc3)cc2)N(CC2CCN(C(=O)C3CCCO3)C2)C(=O)C1. The third-order valence-electron chi connectivity index (χ3n) is 8.35. The number of amides is 3. The van der Waals surface area contributed by atoms with Gasteiger partial charge in [0.2, 0.25) is 5.91 Å². The van der Waals surface area contributed by atoms with Gasteiger partial charge in [0.05, 0.1) is 13.3 Å². The van der Waals surface area contributed by atoms with Gasteiger partial charge in [0.15, 0.2) is 0 Å². The summed E-state index contributed by atoms with van der Waals surface area (Å²) in [5.74, 6) is 0.401. The average Bonchev–Trinajstić information content (AvgIpc) is 3.81. The number of rotatable bonds is 6. The van der Waals surface area contributed by atoms with E-state index in [1.807, 2.05) is 48.6 Å². The largest absolute Gasteiger partial charge is 0.453 e. The van der Waals surface area contributed by atoms with Crippen LogP contribution >= 0.6 is 0 Å². The number of nitrogens with zero attached hydrogens (tertiary/aromatic N) is 6. The molecule has 11 nitrogen and oxygen atoms in total.